The van der Waals surface area contributed by atoms with Gasteiger partial charge in [0.05, 0.1) is 19.9 Å². The molecule has 2 rings (SSSR count). The average Bonchev–Trinajstić information content (AvgIpc) is 2.92. The first kappa shape index (κ1) is 21.5. The van der Waals surface area contributed by atoms with Gasteiger partial charge in [-0.1, -0.05) is 27.7 Å². The largest absolute Gasteiger partial charge is 0.355 e. The van der Waals surface area contributed by atoms with Crippen LogP contribution in [0.4, 0.5) is 11.5 Å². The minimum Gasteiger partial charge on any atom is -0.355 e. The Kier molecular flexibility index (Phi) is 8.44. The number of aryl methyl sites for hydroxylation is 1. The Morgan fingerprint density at radius 3 is 2.28 bits per heavy atom. The van der Waals surface area contributed by atoms with E-state index in [9.17, 15) is 14.9 Å². The number of rotatable bonds is 7. The summed E-state index contributed by atoms with van der Waals surface area (Å²) in [6.07, 6.45) is 2.65. The van der Waals surface area contributed by atoms with Crippen molar-refractivity contribution < 1.29 is 9.72 Å². The number of nitrogens with zero attached hydrogens (tertiary/aromatic N) is 3. The number of carbonyl (C=O) groups is 1. The van der Waals surface area contributed by atoms with E-state index in [1.54, 1.807) is 6.92 Å². The summed E-state index contributed by atoms with van der Waals surface area (Å²) in [5.41, 5.74) is 0.572. The second-order valence-electron chi connectivity index (χ2n) is 5.23. The molecule has 0 spiro atoms. The number of hydrogen-bond donors (Lipinski definition) is 0. The number of anilines is 1. The van der Waals surface area contributed by atoms with Crippen LogP contribution in [0.1, 0.15) is 55.8 Å². The van der Waals surface area contributed by atoms with Gasteiger partial charge in [-0.2, -0.15) is 0 Å². The molecule has 0 atom stereocenters. The molecule has 0 aromatic carbocycles. The van der Waals surface area contributed by atoms with E-state index in [1.165, 1.54) is 11.3 Å². The van der Waals surface area contributed by atoms with Crippen LogP contribution in [-0.2, 0) is 0 Å². The quantitative estimate of drug-likeness (QED) is 0.242. The summed E-state index contributed by atoms with van der Waals surface area (Å²) in [4.78, 5) is 29.4. The predicted molar refractivity (Wildman–Crippen MR) is 108 cm³/mol. The summed E-state index contributed by atoms with van der Waals surface area (Å²) in [6, 6.07) is 0. The molecule has 2 aromatic rings. The fraction of sp³-hybridized carbons (Fsp3) is 0.529. The minimum atomic E-state index is -0.443. The molecule has 2 aromatic heterocycles. The summed E-state index contributed by atoms with van der Waals surface area (Å²) in [7, 11) is 0. The van der Waals surface area contributed by atoms with Gasteiger partial charge in [-0.25, -0.2) is 4.98 Å². The lowest BCUT2D eigenvalue weighted by Gasteiger charge is -2.23. The summed E-state index contributed by atoms with van der Waals surface area (Å²) in [5.74, 6) is 0.711. The lowest BCUT2D eigenvalue weighted by atomic mass is 10.1. The molecular formula is C17H24BrN3O3S. The Bertz CT molecular complexity index is 755. The molecule has 0 saturated carbocycles. The van der Waals surface area contributed by atoms with Crippen molar-refractivity contribution in [1.82, 2.24) is 4.98 Å². The van der Waals surface area contributed by atoms with Crippen molar-refractivity contribution in [2.45, 2.75) is 47.5 Å². The summed E-state index contributed by atoms with van der Waals surface area (Å²) in [5, 5.41) is 12.0. The Labute approximate surface area is 160 Å². The highest BCUT2D eigenvalue weighted by molar-refractivity contribution is 9.10. The van der Waals surface area contributed by atoms with Crippen molar-refractivity contribution in [3.63, 3.8) is 0 Å². The van der Waals surface area contributed by atoms with E-state index < -0.39 is 4.92 Å². The number of fused-ring (bicyclic) bond motifs is 1. The molecular weight excluding hydrogens is 406 g/mol. The topological polar surface area (TPSA) is 76.3 Å². The number of carbonyl (C=O) groups excluding carboxylic acids is 1. The molecule has 0 radical (unpaired) electrons. The van der Waals surface area contributed by atoms with Gasteiger partial charge in [0.25, 0.3) is 0 Å². The number of pyridine rings is 1. The van der Waals surface area contributed by atoms with Crippen molar-refractivity contribution in [1.29, 1.82) is 0 Å². The first-order chi connectivity index (χ1) is 12.0. The van der Waals surface area contributed by atoms with E-state index in [4.69, 9.17) is 0 Å². The van der Waals surface area contributed by atoms with Crippen LogP contribution < -0.4 is 4.90 Å². The predicted octanol–water partition coefficient (Wildman–Crippen LogP) is 5.74. The van der Waals surface area contributed by atoms with E-state index in [0.717, 1.165) is 32.2 Å². The Hall–Kier alpha value is -1.54. The second kappa shape index (κ2) is 9.82. The third-order valence-electron chi connectivity index (χ3n) is 3.60. The summed E-state index contributed by atoms with van der Waals surface area (Å²) >= 11 is 4.51. The molecule has 0 aliphatic carbocycles. The zero-order chi connectivity index (χ0) is 19.1. The van der Waals surface area contributed by atoms with Crippen molar-refractivity contribution in [2.24, 2.45) is 0 Å². The zero-order valence-corrected chi connectivity index (χ0v) is 17.7. The molecule has 0 bridgehead atoms. The summed E-state index contributed by atoms with van der Waals surface area (Å²) < 4.78 is 0.918. The van der Waals surface area contributed by atoms with Crippen LogP contribution in [0.3, 0.4) is 0 Å². The molecule has 0 fully saturated rings. The maximum Gasteiger partial charge on any atom is 0.311 e. The molecule has 0 N–H and O–H groups in total. The van der Waals surface area contributed by atoms with Crippen molar-refractivity contribution in [2.75, 3.05) is 18.0 Å². The van der Waals surface area contributed by atoms with E-state index in [-0.39, 0.29) is 10.3 Å². The fourth-order valence-corrected chi connectivity index (χ4v) is 4.28. The Balaban J connectivity index is 0.00000151. The molecule has 138 valence electrons. The summed E-state index contributed by atoms with van der Waals surface area (Å²) in [6.45, 7) is 11.5. The number of nitro groups is 1. The molecule has 6 nitrogen and oxygen atoms in total. The maximum atomic E-state index is 11.5. The highest BCUT2D eigenvalue weighted by Gasteiger charge is 2.28. The molecule has 0 unspecified atom stereocenters. The van der Waals surface area contributed by atoms with Gasteiger partial charge in [0, 0.05) is 13.1 Å². The zero-order valence-electron chi connectivity index (χ0n) is 15.3. The van der Waals surface area contributed by atoms with Gasteiger partial charge in [0.15, 0.2) is 10.9 Å². The number of hydrogen-bond acceptors (Lipinski definition) is 6. The molecule has 2 heterocycles. The van der Waals surface area contributed by atoms with Crippen molar-refractivity contribution in [3.8, 4) is 0 Å². The van der Waals surface area contributed by atoms with Crippen LogP contribution in [-0.4, -0.2) is 29.3 Å². The van der Waals surface area contributed by atoms with Crippen LogP contribution >= 0.6 is 27.3 Å². The average molecular weight is 430 g/mol. The van der Waals surface area contributed by atoms with Gasteiger partial charge in [-0.15, -0.1) is 11.3 Å². The van der Waals surface area contributed by atoms with Crippen LogP contribution in [0.2, 0.25) is 0 Å². The van der Waals surface area contributed by atoms with E-state index >= 15 is 0 Å². The van der Waals surface area contributed by atoms with Gasteiger partial charge in [0.2, 0.25) is 0 Å². The molecule has 25 heavy (non-hydrogen) atoms. The van der Waals surface area contributed by atoms with E-state index in [2.05, 4.69) is 39.7 Å². The Morgan fingerprint density at radius 2 is 1.84 bits per heavy atom. The molecule has 0 aliphatic heterocycles. The first-order valence-corrected chi connectivity index (χ1v) is 10.0. The standard InChI is InChI=1S/C15H18BrN3O3S.C2H6/c1-4-6-18(7-5-2)15-13-11(9(3)10(8-20)23-13)12(19(21)22)14(16)17-15;1-2/h8H,4-7H2,1-3H3;1-2H3. The minimum absolute atomic E-state index is 0.0708. The molecule has 0 amide bonds. The van der Waals surface area contributed by atoms with Crippen LogP contribution in [0, 0.1) is 17.0 Å². The Morgan fingerprint density at radius 1 is 1.28 bits per heavy atom. The third-order valence-corrected chi connectivity index (χ3v) is 5.37. The van der Waals surface area contributed by atoms with Crippen LogP contribution in [0.15, 0.2) is 4.60 Å². The van der Waals surface area contributed by atoms with Crippen molar-refractivity contribution in [3.05, 3.63) is 25.2 Å². The highest BCUT2D eigenvalue weighted by Crippen LogP contribution is 2.44. The van der Waals surface area contributed by atoms with E-state index in [0.29, 0.717) is 26.3 Å². The van der Waals surface area contributed by atoms with Gasteiger partial charge in [-0.3, -0.25) is 14.9 Å². The fourth-order valence-electron chi connectivity index (χ4n) is 2.63. The monoisotopic (exact) mass is 429 g/mol. The van der Waals surface area contributed by atoms with Crippen LogP contribution in [0.25, 0.3) is 10.1 Å². The third kappa shape index (κ3) is 4.36. The molecule has 8 heteroatoms. The smallest absolute Gasteiger partial charge is 0.311 e. The molecule has 0 aliphatic rings. The number of halogens is 1. The number of aromatic nitrogens is 1. The highest BCUT2D eigenvalue weighted by atomic mass is 79.9. The normalized spacial score (nSPS) is 10.3. The first-order valence-electron chi connectivity index (χ1n) is 8.43. The van der Waals surface area contributed by atoms with Gasteiger partial charge >= 0.3 is 5.69 Å². The van der Waals surface area contributed by atoms with Gasteiger partial charge in [0.1, 0.15) is 5.82 Å². The molecule has 0 saturated heterocycles. The number of aldehydes is 1. The van der Waals surface area contributed by atoms with Gasteiger partial charge < -0.3 is 4.90 Å². The van der Waals surface area contributed by atoms with Gasteiger partial charge in [-0.05, 0) is 41.3 Å². The lowest BCUT2D eigenvalue weighted by Crippen LogP contribution is -2.26. The van der Waals surface area contributed by atoms with Crippen LogP contribution in [0.5, 0.6) is 0 Å². The lowest BCUT2D eigenvalue weighted by molar-refractivity contribution is -0.384. The maximum absolute atomic E-state index is 11.5. The van der Waals surface area contributed by atoms with Crippen molar-refractivity contribution >= 4 is 55.1 Å². The second-order valence-corrected chi connectivity index (χ2v) is 7.04. The number of thiophene rings is 1. The van der Waals surface area contributed by atoms with E-state index in [1.807, 2.05) is 13.8 Å². The SMILES string of the molecule is CC.CCCN(CCC)c1nc(Br)c([N+](=O)[O-])c2c(C)c(C=O)sc12.